The van der Waals surface area contributed by atoms with Crippen LogP contribution in [0.4, 0.5) is 0 Å². The van der Waals surface area contributed by atoms with Gasteiger partial charge in [0.25, 0.3) is 0 Å². The molecule has 0 spiro atoms. The Morgan fingerprint density at radius 3 is 1.67 bits per heavy atom. The molecule has 0 rings (SSSR count). The maximum atomic E-state index is 7.89. The van der Waals surface area contributed by atoms with Crippen molar-refractivity contribution in [2.75, 3.05) is 6.61 Å². The minimum absolute atomic E-state index is 0. The molecule has 0 fully saturated rings. The van der Waals surface area contributed by atoms with E-state index in [1.807, 2.05) is 0 Å². The molecule has 0 aliphatic rings. The Balaban J connectivity index is 0. The number of rotatable bonds is 1. The summed E-state index contributed by atoms with van der Waals surface area (Å²) < 4.78 is 0. The average Bonchev–Trinajstić information content (AvgIpc) is 1.38. The maximum absolute atomic E-state index is 7.89. The second kappa shape index (κ2) is 5.17. The molecule has 0 saturated heterocycles. The first-order valence-corrected chi connectivity index (χ1v) is 1.39. The van der Waals surface area contributed by atoms with Gasteiger partial charge in [0, 0.05) is 0 Å². The van der Waals surface area contributed by atoms with E-state index in [0.717, 1.165) is 0 Å². The zero-order valence-electron chi connectivity index (χ0n) is 3.29. The first-order chi connectivity index (χ1) is 2.27. The predicted octanol–water partition coefficient (Wildman–Crippen LogP) is -1.36. The average molecular weight is 113 g/mol. The third-order valence-electron chi connectivity index (χ3n) is 0.211. The van der Waals surface area contributed by atoms with Crippen LogP contribution in [0.15, 0.2) is 0 Å². The highest BCUT2D eigenvalue weighted by Gasteiger charge is 1.80. The minimum atomic E-state index is -0.560. The Bertz CT molecular complexity index is 25.5. The molecule has 0 heterocycles. The zero-order valence-corrected chi connectivity index (χ0v) is 4.11. The van der Waals surface area contributed by atoms with Crippen LogP contribution in [-0.4, -0.2) is 17.9 Å². The maximum Gasteiger partial charge on any atom is 0.0759 e. The molecule has 0 amide bonds. The molecule has 3 nitrogen and oxygen atoms in total. The molecule has 4 heteroatoms. The molecular weight excluding hydrogens is 103 g/mol. The van der Waals surface area contributed by atoms with E-state index in [9.17, 15) is 0 Å². The molecule has 0 aliphatic heterocycles. The van der Waals surface area contributed by atoms with Crippen LogP contribution in [0.1, 0.15) is 0 Å². The van der Waals surface area contributed by atoms with Crippen molar-refractivity contribution in [2.24, 2.45) is 11.5 Å². The zero-order chi connectivity index (χ0) is 4.28. The molecule has 0 aromatic carbocycles. The fourth-order valence-corrected chi connectivity index (χ4v) is 0. The molecule has 40 valence electrons. The van der Waals surface area contributed by atoms with Crippen molar-refractivity contribution in [2.45, 2.75) is 6.17 Å². The highest BCUT2D eigenvalue weighted by molar-refractivity contribution is 5.85. The first-order valence-electron chi connectivity index (χ1n) is 1.39. The third-order valence-corrected chi connectivity index (χ3v) is 0.211. The van der Waals surface area contributed by atoms with Gasteiger partial charge in [0.15, 0.2) is 0 Å². The van der Waals surface area contributed by atoms with Crippen molar-refractivity contribution < 1.29 is 5.11 Å². The smallest absolute Gasteiger partial charge is 0.0759 e. The van der Waals surface area contributed by atoms with Gasteiger partial charge in [0.2, 0.25) is 0 Å². The Morgan fingerprint density at radius 2 is 1.67 bits per heavy atom. The molecule has 0 aliphatic carbocycles. The number of hydrogen-bond acceptors (Lipinski definition) is 3. The number of nitrogens with two attached hydrogens (primary N) is 2. The summed E-state index contributed by atoms with van der Waals surface area (Å²) in [6.07, 6.45) is -0.560. The second-order valence-corrected chi connectivity index (χ2v) is 0.846. The van der Waals surface area contributed by atoms with E-state index in [0.29, 0.717) is 0 Å². The van der Waals surface area contributed by atoms with Gasteiger partial charge in [0.1, 0.15) is 0 Å². The van der Waals surface area contributed by atoms with Gasteiger partial charge in [-0.05, 0) is 0 Å². The molecular formula is C2H9ClN2O. The van der Waals surface area contributed by atoms with Crippen LogP contribution in [-0.2, 0) is 0 Å². The highest BCUT2D eigenvalue weighted by atomic mass is 35.5. The van der Waals surface area contributed by atoms with Crippen LogP contribution in [0.5, 0.6) is 0 Å². The molecule has 0 saturated carbocycles. The highest BCUT2D eigenvalue weighted by Crippen LogP contribution is 1.49. The van der Waals surface area contributed by atoms with Crippen LogP contribution >= 0.6 is 12.4 Å². The van der Waals surface area contributed by atoms with E-state index in [1.54, 1.807) is 0 Å². The summed E-state index contributed by atoms with van der Waals surface area (Å²) in [5.74, 6) is 0. The van der Waals surface area contributed by atoms with Crippen LogP contribution in [0.25, 0.3) is 0 Å². The number of halogens is 1. The van der Waals surface area contributed by atoms with Crippen molar-refractivity contribution >= 4 is 12.4 Å². The third kappa shape index (κ3) is 8.90. The summed E-state index contributed by atoms with van der Waals surface area (Å²) in [6.45, 7) is -0.139. The summed E-state index contributed by atoms with van der Waals surface area (Å²) in [7, 11) is 0. The van der Waals surface area contributed by atoms with E-state index in [4.69, 9.17) is 16.6 Å². The fourth-order valence-electron chi connectivity index (χ4n) is 0. The Kier molecular flexibility index (Phi) is 8.17. The summed E-state index contributed by atoms with van der Waals surface area (Å²) in [5, 5.41) is 7.89. The molecule has 0 aromatic rings. The summed E-state index contributed by atoms with van der Waals surface area (Å²) in [6, 6.07) is 0. The van der Waals surface area contributed by atoms with Crippen molar-refractivity contribution in [3.8, 4) is 0 Å². The van der Waals surface area contributed by atoms with Gasteiger partial charge in [-0.1, -0.05) is 0 Å². The summed E-state index contributed by atoms with van der Waals surface area (Å²) in [5.41, 5.74) is 9.64. The van der Waals surface area contributed by atoms with Crippen LogP contribution in [0, 0.1) is 0 Å². The van der Waals surface area contributed by atoms with Gasteiger partial charge in [-0.15, -0.1) is 12.4 Å². The Labute approximate surface area is 42.7 Å². The largest absolute Gasteiger partial charge is 0.393 e. The lowest BCUT2D eigenvalue weighted by Crippen LogP contribution is -2.33. The number of hydrogen-bond donors (Lipinski definition) is 3. The van der Waals surface area contributed by atoms with Crippen molar-refractivity contribution in [3.63, 3.8) is 0 Å². The van der Waals surface area contributed by atoms with Crippen LogP contribution in [0.3, 0.4) is 0 Å². The SMILES string of the molecule is Cl.NC(N)CO. The monoisotopic (exact) mass is 112 g/mol. The van der Waals surface area contributed by atoms with Crippen molar-refractivity contribution in [1.29, 1.82) is 0 Å². The minimum Gasteiger partial charge on any atom is -0.393 e. The number of aliphatic hydroxyl groups is 1. The van der Waals surface area contributed by atoms with Crippen LogP contribution < -0.4 is 11.5 Å². The van der Waals surface area contributed by atoms with Gasteiger partial charge in [-0.3, -0.25) is 0 Å². The van der Waals surface area contributed by atoms with Crippen molar-refractivity contribution in [3.05, 3.63) is 0 Å². The molecule has 0 bridgehead atoms. The van der Waals surface area contributed by atoms with Crippen LogP contribution in [0.2, 0.25) is 0 Å². The topological polar surface area (TPSA) is 72.3 Å². The molecule has 0 aromatic heterocycles. The Hall–Kier alpha value is 0.170. The molecule has 0 unspecified atom stereocenters. The van der Waals surface area contributed by atoms with Gasteiger partial charge >= 0.3 is 0 Å². The molecule has 6 heavy (non-hydrogen) atoms. The summed E-state index contributed by atoms with van der Waals surface area (Å²) >= 11 is 0. The molecule has 0 atom stereocenters. The summed E-state index contributed by atoms with van der Waals surface area (Å²) in [4.78, 5) is 0. The Morgan fingerprint density at radius 1 is 1.50 bits per heavy atom. The normalized spacial score (nSPS) is 8.00. The van der Waals surface area contributed by atoms with Gasteiger partial charge in [-0.25, -0.2) is 0 Å². The van der Waals surface area contributed by atoms with E-state index < -0.39 is 6.17 Å². The van der Waals surface area contributed by atoms with Gasteiger partial charge in [0.05, 0.1) is 12.8 Å². The van der Waals surface area contributed by atoms with E-state index in [-0.39, 0.29) is 19.0 Å². The number of aliphatic hydroxyl groups excluding tert-OH is 1. The van der Waals surface area contributed by atoms with Gasteiger partial charge in [-0.2, -0.15) is 0 Å². The van der Waals surface area contributed by atoms with Crippen molar-refractivity contribution in [1.82, 2.24) is 0 Å². The fraction of sp³-hybridized carbons (Fsp3) is 1.00. The molecule has 0 radical (unpaired) electrons. The van der Waals surface area contributed by atoms with Gasteiger partial charge < -0.3 is 16.6 Å². The quantitative estimate of drug-likeness (QED) is 0.367. The lowest BCUT2D eigenvalue weighted by atomic mass is 10.6. The lowest BCUT2D eigenvalue weighted by Gasteiger charge is -1.92. The second-order valence-electron chi connectivity index (χ2n) is 0.846. The standard InChI is InChI=1S/C2H8N2O.ClH/c3-2(4)1-5;/h2,5H,1,3-4H2;1H. The molecule has 5 N–H and O–H groups in total. The van der Waals surface area contributed by atoms with E-state index in [1.165, 1.54) is 0 Å². The van der Waals surface area contributed by atoms with E-state index in [2.05, 4.69) is 0 Å². The first kappa shape index (κ1) is 9.48. The van der Waals surface area contributed by atoms with E-state index >= 15 is 0 Å². The predicted molar refractivity (Wildman–Crippen MR) is 26.5 cm³/mol. The lowest BCUT2D eigenvalue weighted by molar-refractivity contribution is 0.268.